The van der Waals surface area contributed by atoms with Gasteiger partial charge in [0.25, 0.3) is 5.91 Å². The van der Waals surface area contributed by atoms with Crippen molar-refractivity contribution >= 4 is 17.2 Å². The maximum absolute atomic E-state index is 12.4. The number of nitrogens with zero attached hydrogens (tertiary/aromatic N) is 4. The maximum atomic E-state index is 12.4. The zero-order chi connectivity index (χ0) is 15.4. The van der Waals surface area contributed by atoms with E-state index < -0.39 is 0 Å². The van der Waals surface area contributed by atoms with Crippen LogP contribution in [0.5, 0.6) is 0 Å². The molecule has 2 heterocycles. The number of rotatable bonds is 4. The molecule has 0 aliphatic rings. The number of amides is 1. The molecule has 0 N–H and O–H groups in total. The van der Waals surface area contributed by atoms with E-state index in [-0.39, 0.29) is 5.91 Å². The monoisotopic (exact) mass is 310 g/mol. The van der Waals surface area contributed by atoms with Crippen molar-refractivity contribution in [2.75, 3.05) is 7.05 Å². The van der Waals surface area contributed by atoms with E-state index in [9.17, 15) is 4.79 Å². The molecule has 5 nitrogen and oxygen atoms in total. The average molecular weight is 310 g/mol. The van der Waals surface area contributed by atoms with Gasteiger partial charge in [0, 0.05) is 31.4 Å². The lowest BCUT2D eigenvalue weighted by atomic mass is 10.2. The highest BCUT2D eigenvalue weighted by atomic mass is 32.1. The first-order valence-electron chi connectivity index (χ1n) is 6.75. The molecule has 6 heteroatoms. The van der Waals surface area contributed by atoms with Crippen LogP contribution in [0, 0.1) is 0 Å². The second kappa shape index (κ2) is 6.44. The third kappa shape index (κ3) is 3.17. The van der Waals surface area contributed by atoms with Gasteiger partial charge in [0.2, 0.25) is 0 Å². The third-order valence-corrected chi connectivity index (χ3v) is 3.98. The van der Waals surface area contributed by atoms with Crippen LogP contribution in [0.15, 0.2) is 54.3 Å². The fraction of sp³-hybridized carbons (Fsp3) is 0.125. The average Bonchev–Trinajstić information content (AvgIpc) is 3.06. The Morgan fingerprint density at radius 1 is 1.23 bits per heavy atom. The number of carbonyl (C=O) groups excluding carboxylic acids is 1. The minimum absolute atomic E-state index is 0.102. The molecule has 0 radical (unpaired) electrons. The van der Waals surface area contributed by atoms with Crippen LogP contribution in [0.25, 0.3) is 10.7 Å². The third-order valence-electron chi connectivity index (χ3n) is 3.11. The van der Waals surface area contributed by atoms with E-state index in [1.165, 1.54) is 11.3 Å². The van der Waals surface area contributed by atoms with Crippen LogP contribution in [0.2, 0.25) is 0 Å². The summed E-state index contributed by atoms with van der Waals surface area (Å²) < 4.78 is 0. The van der Waals surface area contributed by atoms with Crippen molar-refractivity contribution in [1.29, 1.82) is 0 Å². The molecule has 1 amide bonds. The summed E-state index contributed by atoms with van der Waals surface area (Å²) in [6.45, 7) is 0.553. The minimum atomic E-state index is -0.102. The fourth-order valence-electron chi connectivity index (χ4n) is 2.02. The molecule has 0 spiro atoms. The Balaban J connectivity index is 1.74. The Hall–Kier alpha value is -2.60. The Kier molecular flexibility index (Phi) is 4.20. The van der Waals surface area contributed by atoms with Gasteiger partial charge in [-0.2, -0.15) is 0 Å². The summed E-state index contributed by atoms with van der Waals surface area (Å²) in [4.78, 5) is 26.7. The van der Waals surface area contributed by atoms with E-state index in [1.807, 2.05) is 30.3 Å². The van der Waals surface area contributed by atoms with Gasteiger partial charge < -0.3 is 4.90 Å². The summed E-state index contributed by atoms with van der Waals surface area (Å²) >= 11 is 1.39. The number of carbonyl (C=O) groups is 1. The highest BCUT2D eigenvalue weighted by Gasteiger charge is 2.16. The van der Waals surface area contributed by atoms with E-state index in [0.29, 0.717) is 22.9 Å². The lowest BCUT2D eigenvalue weighted by Crippen LogP contribution is -2.26. The van der Waals surface area contributed by atoms with Gasteiger partial charge in [0.1, 0.15) is 16.4 Å². The Morgan fingerprint density at radius 2 is 2.05 bits per heavy atom. The molecule has 2 aromatic heterocycles. The van der Waals surface area contributed by atoms with E-state index >= 15 is 0 Å². The van der Waals surface area contributed by atoms with Crippen molar-refractivity contribution in [3.05, 3.63) is 65.6 Å². The smallest absolute Gasteiger partial charge is 0.273 e. The Labute approximate surface area is 132 Å². The highest BCUT2D eigenvalue weighted by Crippen LogP contribution is 2.21. The second-order valence-corrected chi connectivity index (χ2v) is 5.63. The standard InChI is InChI=1S/C16H14N4OS/c1-20(10-12-5-3-2-4-6-12)16(21)14-11-22-15(19-14)13-9-17-7-8-18-13/h2-9,11H,10H2,1H3. The maximum Gasteiger partial charge on any atom is 0.273 e. The molecule has 22 heavy (non-hydrogen) atoms. The number of hydrogen-bond donors (Lipinski definition) is 0. The molecule has 110 valence electrons. The summed E-state index contributed by atoms with van der Waals surface area (Å²) in [5.41, 5.74) is 2.20. The van der Waals surface area contributed by atoms with E-state index in [2.05, 4.69) is 15.0 Å². The van der Waals surface area contributed by atoms with E-state index in [1.54, 1.807) is 35.9 Å². The number of hydrogen-bond acceptors (Lipinski definition) is 5. The zero-order valence-electron chi connectivity index (χ0n) is 12.0. The van der Waals surface area contributed by atoms with Crippen molar-refractivity contribution in [2.45, 2.75) is 6.54 Å². The van der Waals surface area contributed by atoms with Gasteiger partial charge in [-0.05, 0) is 5.56 Å². The molecule has 0 fully saturated rings. The van der Waals surface area contributed by atoms with Gasteiger partial charge in [-0.15, -0.1) is 11.3 Å². The summed E-state index contributed by atoms with van der Waals surface area (Å²) in [5.74, 6) is -0.102. The van der Waals surface area contributed by atoms with Crippen LogP contribution >= 0.6 is 11.3 Å². The van der Waals surface area contributed by atoms with Crippen LogP contribution < -0.4 is 0 Å². The first-order valence-corrected chi connectivity index (χ1v) is 7.63. The van der Waals surface area contributed by atoms with Gasteiger partial charge in [0.15, 0.2) is 0 Å². The molecule has 0 unspecified atom stereocenters. The van der Waals surface area contributed by atoms with Crippen LogP contribution in [0.3, 0.4) is 0 Å². The summed E-state index contributed by atoms with van der Waals surface area (Å²) in [5, 5.41) is 2.46. The molecule has 0 aliphatic heterocycles. The first kappa shape index (κ1) is 14.3. The first-order chi connectivity index (χ1) is 10.7. The van der Waals surface area contributed by atoms with Gasteiger partial charge >= 0.3 is 0 Å². The quantitative estimate of drug-likeness (QED) is 0.743. The van der Waals surface area contributed by atoms with Crippen molar-refractivity contribution in [3.63, 3.8) is 0 Å². The van der Waals surface area contributed by atoms with E-state index in [4.69, 9.17) is 0 Å². The summed E-state index contributed by atoms with van der Waals surface area (Å²) in [7, 11) is 1.77. The van der Waals surface area contributed by atoms with Crippen LogP contribution in [0.1, 0.15) is 16.1 Å². The molecule has 3 aromatic rings. The zero-order valence-corrected chi connectivity index (χ0v) is 12.8. The molecule has 0 atom stereocenters. The summed E-state index contributed by atoms with van der Waals surface area (Å²) in [6.07, 6.45) is 4.86. The topological polar surface area (TPSA) is 59.0 Å². The predicted molar refractivity (Wildman–Crippen MR) is 85.4 cm³/mol. The van der Waals surface area contributed by atoms with Crippen molar-refractivity contribution in [1.82, 2.24) is 19.9 Å². The van der Waals surface area contributed by atoms with Crippen molar-refractivity contribution < 1.29 is 4.79 Å². The normalized spacial score (nSPS) is 10.4. The van der Waals surface area contributed by atoms with E-state index in [0.717, 1.165) is 5.56 Å². The molecule has 0 saturated carbocycles. The number of thiazole rings is 1. The second-order valence-electron chi connectivity index (χ2n) is 4.78. The molecule has 0 bridgehead atoms. The van der Waals surface area contributed by atoms with Crippen LogP contribution in [0.4, 0.5) is 0 Å². The van der Waals surface area contributed by atoms with Crippen molar-refractivity contribution in [3.8, 4) is 10.7 Å². The van der Waals surface area contributed by atoms with Crippen LogP contribution in [-0.2, 0) is 6.54 Å². The van der Waals surface area contributed by atoms with Crippen LogP contribution in [-0.4, -0.2) is 32.8 Å². The van der Waals surface area contributed by atoms with Crippen molar-refractivity contribution in [2.24, 2.45) is 0 Å². The lowest BCUT2D eigenvalue weighted by Gasteiger charge is -2.15. The minimum Gasteiger partial charge on any atom is -0.336 e. The Bertz CT molecular complexity index is 758. The number of aromatic nitrogens is 3. The Morgan fingerprint density at radius 3 is 2.77 bits per heavy atom. The molecule has 1 aromatic carbocycles. The van der Waals surface area contributed by atoms with Gasteiger partial charge in [-0.1, -0.05) is 30.3 Å². The number of benzene rings is 1. The molecule has 0 aliphatic carbocycles. The largest absolute Gasteiger partial charge is 0.336 e. The van der Waals surface area contributed by atoms with Gasteiger partial charge in [-0.3, -0.25) is 14.8 Å². The molecule has 0 saturated heterocycles. The van der Waals surface area contributed by atoms with Gasteiger partial charge in [0.05, 0.1) is 6.20 Å². The summed E-state index contributed by atoms with van der Waals surface area (Å²) in [6, 6.07) is 9.87. The lowest BCUT2D eigenvalue weighted by molar-refractivity contribution is 0.0780. The predicted octanol–water partition coefficient (Wildman–Crippen LogP) is 2.87. The molecule has 3 rings (SSSR count). The fourth-order valence-corrected chi connectivity index (χ4v) is 2.78. The SMILES string of the molecule is CN(Cc1ccccc1)C(=O)c1csc(-c2cnccn2)n1. The molecular weight excluding hydrogens is 296 g/mol. The molecular formula is C16H14N4OS. The highest BCUT2D eigenvalue weighted by molar-refractivity contribution is 7.13. The van der Waals surface area contributed by atoms with Gasteiger partial charge in [-0.25, -0.2) is 4.98 Å².